The van der Waals surface area contributed by atoms with E-state index < -0.39 is 12.7 Å². The van der Waals surface area contributed by atoms with Crippen LogP contribution in [0.5, 0.6) is 5.75 Å². The Labute approximate surface area is 188 Å². The van der Waals surface area contributed by atoms with Crippen molar-refractivity contribution in [2.24, 2.45) is 0 Å². The largest absolute Gasteiger partial charge is 0.433 e. The van der Waals surface area contributed by atoms with Crippen molar-refractivity contribution in [1.82, 2.24) is 9.88 Å². The molecule has 9 heteroatoms. The normalized spacial score (nSPS) is 16.5. The highest BCUT2D eigenvalue weighted by atomic mass is 35.5. The van der Waals surface area contributed by atoms with Gasteiger partial charge in [0.2, 0.25) is 5.91 Å². The first kappa shape index (κ1) is 21.9. The molecule has 1 aliphatic heterocycles. The average molecular weight is 466 g/mol. The molecule has 1 fully saturated rings. The van der Waals surface area contributed by atoms with Crippen LogP contribution in [0.1, 0.15) is 30.7 Å². The van der Waals surface area contributed by atoms with Crippen molar-refractivity contribution in [1.29, 1.82) is 0 Å². The first-order valence-electron chi connectivity index (χ1n) is 10.1. The number of aromatic nitrogens is 1. The lowest BCUT2D eigenvalue weighted by Gasteiger charge is -2.34. The van der Waals surface area contributed by atoms with E-state index in [1.54, 1.807) is 29.5 Å². The monoisotopic (exact) mass is 465 g/mol. The summed E-state index contributed by atoms with van der Waals surface area (Å²) in [6.45, 7) is 0.385. The highest BCUT2D eigenvalue weighted by molar-refractivity contribution is 7.18. The van der Waals surface area contributed by atoms with E-state index in [1.807, 2.05) is 25.1 Å². The van der Waals surface area contributed by atoms with E-state index in [0.717, 1.165) is 41.2 Å². The van der Waals surface area contributed by atoms with Gasteiger partial charge in [0.25, 0.3) is 0 Å². The van der Waals surface area contributed by atoms with Crippen molar-refractivity contribution >= 4 is 44.7 Å². The minimum atomic E-state index is -2.95. The number of fused-ring (bicyclic) bond motifs is 1. The van der Waals surface area contributed by atoms with E-state index in [9.17, 15) is 13.6 Å². The second-order valence-corrected chi connectivity index (χ2v) is 9.01. The maximum absolute atomic E-state index is 12.7. The number of thiazole rings is 1. The third-order valence-corrected chi connectivity index (χ3v) is 6.97. The molecule has 1 aliphatic rings. The summed E-state index contributed by atoms with van der Waals surface area (Å²) in [6.07, 6.45) is 1.80. The van der Waals surface area contributed by atoms with Gasteiger partial charge in [-0.2, -0.15) is 8.78 Å². The minimum Gasteiger partial charge on any atom is -0.433 e. The zero-order valence-electron chi connectivity index (χ0n) is 16.9. The number of rotatable bonds is 6. The molecule has 1 aromatic heterocycles. The van der Waals surface area contributed by atoms with Crippen LogP contribution in [0.15, 0.2) is 42.5 Å². The van der Waals surface area contributed by atoms with Crippen molar-refractivity contribution in [3.8, 4) is 5.75 Å². The van der Waals surface area contributed by atoms with Gasteiger partial charge in [-0.25, -0.2) is 4.98 Å². The van der Waals surface area contributed by atoms with Gasteiger partial charge < -0.3 is 10.1 Å². The van der Waals surface area contributed by atoms with Gasteiger partial charge in [-0.3, -0.25) is 9.69 Å². The zero-order chi connectivity index (χ0) is 22.0. The third-order valence-electron chi connectivity index (χ3n) is 5.53. The Hall–Kier alpha value is -2.29. The Bertz CT molecular complexity index is 1070. The van der Waals surface area contributed by atoms with E-state index in [1.165, 1.54) is 6.07 Å². The summed E-state index contributed by atoms with van der Waals surface area (Å²) in [4.78, 5) is 19.6. The number of hydrogen-bond donors (Lipinski definition) is 1. The molecular weight excluding hydrogens is 444 g/mol. The molecule has 164 valence electrons. The fourth-order valence-electron chi connectivity index (χ4n) is 3.80. The van der Waals surface area contributed by atoms with Gasteiger partial charge in [-0.05, 0) is 63.2 Å². The number of halogens is 3. The SMILES string of the molecule is CC(C(=O)Nc1ccccc1OC(F)F)N1CCC(c2nc3cc(Cl)ccc3s2)CC1. The topological polar surface area (TPSA) is 54.5 Å². The molecule has 0 saturated carbocycles. The van der Waals surface area contributed by atoms with Gasteiger partial charge in [-0.1, -0.05) is 23.7 Å². The van der Waals surface area contributed by atoms with E-state index in [2.05, 4.69) is 15.0 Å². The number of alkyl halides is 2. The van der Waals surface area contributed by atoms with E-state index in [4.69, 9.17) is 16.6 Å². The van der Waals surface area contributed by atoms with Gasteiger partial charge in [-0.15, -0.1) is 11.3 Å². The summed E-state index contributed by atoms with van der Waals surface area (Å²) in [6, 6.07) is 11.6. The van der Waals surface area contributed by atoms with Crippen LogP contribution in [0.4, 0.5) is 14.5 Å². The second-order valence-electron chi connectivity index (χ2n) is 7.51. The highest BCUT2D eigenvalue weighted by Gasteiger charge is 2.29. The molecule has 0 spiro atoms. The molecule has 1 unspecified atom stereocenters. The number of para-hydroxylation sites is 2. The summed E-state index contributed by atoms with van der Waals surface area (Å²) in [5.74, 6) is 0.0500. The molecule has 0 aliphatic carbocycles. The summed E-state index contributed by atoms with van der Waals surface area (Å²) >= 11 is 7.76. The van der Waals surface area contributed by atoms with Crippen molar-refractivity contribution in [2.45, 2.75) is 38.3 Å². The van der Waals surface area contributed by atoms with Crippen LogP contribution < -0.4 is 10.1 Å². The van der Waals surface area contributed by atoms with Crippen LogP contribution in [0, 0.1) is 0 Å². The maximum atomic E-state index is 12.7. The second kappa shape index (κ2) is 9.46. The van der Waals surface area contributed by atoms with Crippen LogP contribution in [-0.2, 0) is 4.79 Å². The van der Waals surface area contributed by atoms with Crippen molar-refractivity contribution in [2.75, 3.05) is 18.4 Å². The number of anilines is 1. The molecule has 0 radical (unpaired) electrons. The molecule has 1 N–H and O–H groups in total. The first-order valence-corrected chi connectivity index (χ1v) is 11.2. The molecule has 1 amide bonds. The molecule has 31 heavy (non-hydrogen) atoms. The molecule has 0 bridgehead atoms. The number of amides is 1. The number of nitrogens with one attached hydrogen (secondary N) is 1. The summed E-state index contributed by atoms with van der Waals surface area (Å²) in [5, 5.41) is 4.50. The standard InChI is InChI=1S/C22H22ClF2N3O2S/c1-13(20(29)26-16-4-2-3-5-18(16)30-22(24)25)28-10-8-14(9-11-28)21-27-17-12-15(23)6-7-19(17)31-21/h2-7,12-14,22H,8-11H2,1H3,(H,26,29). The lowest BCUT2D eigenvalue weighted by Crippen LogP contribution is -2.45. The fraction of sp³-hybridized carbons (Fsp3) is 0.364. The molecule has 5 nitrogen and oxygen atoms in total. The van der Waals surface area contributed by atoms with Gasteiger partial charge in [0.15, 0.2) is 0 Å². The number of hydrogen-bond acceptors (Lipinski definition) is 5. The lowest BCUT2D eigenvalue weighted by atomic mass is 9.96. The Balaban J connectivity index is 1.36. The number of benzene rings is 2. The van der Waals surface area contributed by atoms with E-state index in [0.29, 0.717) is 10.9 Å². The Morgan fingerprint density at radius 3 is 2.74 bits per heavy atom. The van der Waals surface area contributed by atoms with Gasteiger partial charge >= 0.3 is 6.61 Å². The molecule has 1 atom stereocenters. The predicted molar refractivity (Wildman–Crippen MR) is 119 cm³/mol. The molecule has 1 saturated heterocycles. The number of carbonyl (C=O) groups excluding carboxylic acids is 1. The van der Waals surface area contributed by atoms with E-state index in [-0.39, 0.29) is 17.3 Å². The van der Waals surface area contributed by atoms with Crippen molar-refractivity contribution in [3.63, 3.8) is 0 Å². The maximum Gasteiger partial charge on any atom is 0.387 e. The Morgan fingerprint density at radius 2 is 2.00 bits per heavy atom. The van der Waals surface area contributed by atoms with Gasteiger partial charge in [0.1, 0.15) is 5.75 Å². The number of nitrogens with zero attached hydrogens (tertiary/aromatic N) is 2. The molecule has 2 heterocycles. The van der Waals surface area contributed by atoms with Crippen LogP contribution in [0.25, 0.3) is 10.2 Å². The molecular formula is C22H22ClF2N3O2S. The lowest BCUT2D eigenvalue weighted by molar-refractivity contribution is -0.121. The van der Waals surface area contributed by atoms with Gasteiger partial charge in [0, 0.05) is 10.9 Å². The van der Waals surface area contributed by atoms with Crippen LogP contribution >= 0.6 is 22.9 Å². The van der Waals surface area contributed by atoms with E-state index >= 15 is 0 Å². The van der Waals surface area contributed by atoms with Crippen molar-refractivity contribution < 1.29 is 18.3 Å². The van der Waals surface area contributed by atoms with Crippen molar-refractivity contribution in [3.05, 3.63) is 52.5 Å². The number of carbonyl (C=O) groups is 1. The first-order chi connectivity index (χ1) is 14.9. The molecule has 3 aromatic rings. The minimum absolute atomic E-state index is 0.0484. The number of ether oxygens (including phenoxy) is 1. The quantitative estimate of drug-likeness (QED) is 0.503. The molecule has 2 aromatic carbocycles. The average Bonchev–Trinajstić information content (AvgIpc) is 3.17. The third kappa shape index (κ3) is 5.14. The summed E-state index contributed by atoms with van der Waals surface area (Å²) in [7, 11) is 0. The van der Waals surface area contributed by atoms with Crippen LogP contribution in [0.3, 0.4) is 0 Å². The zero-order valence-corrected chi connectivity index (χ0v) is 18.4. The smallest absolute Gasteiger partial charge is 0.387 e. The Morgan fingerprint density at radius 1 is 1.26 bits per heavy atom. The number of piperidine rings is 1. The Kier molecular flexibility index (Phi) is 6.69. The predicted octanol–water partition coefficient (Wildman–Crippen LogP) is 5.76. The highest BCUT2D eigenvalue weighted by Crippen LogP contribution is 2.35. The van der Waals surface area contributed by atoms with Crippen LogP contribution in [0.2, 0.25) is 5.02 Å². The summed E-state index contributed by atoms with van der Waals surface area (Å²) < 4.78 is 30.8. The summed E-state index contributed by atoms with van der Waals surface area (Å²) in [5.41, 5.74) is 1.16. The van der Waals surface area contributed by atoms with Gasteiger partial charge in [0.05, 0.1) is 27.0 Å². The molecule has 4 rings (SSSR count). The van der Waals surface area contributed by atoms with Crippen LogP contribution in [-0.4, -0.2) is 41.5 Å². The fourth-order valence-corrected chi connectivity index (χ4v) is 5.08. The number of likely N-dealkylation sites (tertiary alicyclic amines) is 1.